The van der Waals surface area contributed by atoms with Crippen LogP contribution in [0.4, 0.5) is 0 Å². The molecule has 1 heteroatoms. The van der Waals surface area contributed by atoms with Gasteiger partial charge in [0.1, 0.15) is 0 Å². The molecule has 0 bridgehead atoms. The standard InChI is InChI=1S/C19H29N/c1-13-7-8-17(11-14(13)2)19(20-3)18-10-9-15-5-4-6-16(15)12-18/h9-10,12-14,17,19-20H,4-8,11H2,1-3H3. The molecule has 1 N–H and O–H groups in total. The Labute approximate surface area is 124 Å². The highest BCUT2D eigenvalue weighted by atomic mass is 14.9. The molecule has 0 heterocycles. The molecule has 4 atom stereocenters. The number of hydrogen-bond acceptors (Lipinski definition) is 1. The third-order valence-electron chi connectivity index (χ3n) is 5.90. The van der Waals surface area contributed by atoms with E-state index in [0.717, 1.165) is 17.8 Å². The minimum absolute atomic E-state index is 0.552. The lowest BCUT2D eigenvalue weighted by Gasteiger charge is -2.37. The van der Waals surface area contributed by atoms with Gasteiger partial charge in [0, 0.05) is 6.04 Å². The number of benzene rings is 1. The molecule has 1 saturated carbocycles. The van der Waals surface area contributed by atoms with E-state index < -0.39 is 0 Å². The minimum Gasteiger partial charge on any atom is -0.313 e. The summed E-state index contributed by atoms with van der Waals surface area (Å²) in [6.07, 6.45) is 8.09. The SMILES string of the molecule is CNC(c1ccc2c(c1)CCC2)C1CCC(C)C(C)C1. The number of hydrogen-bond donors (Lipinski definition) is 1. The fourth-order valence-electron chi connectivity index (χ4n) is 4.35. The number of aryl methyl sites for hydroxylation is 2. The van der Waals surface area contributed by atoms with E-state index in [1.165, 1.54) is 44.1 Å². The molecule has 0 aliphatic heterocycles. The van der Waals surface area contributed by atoms with Gasteiger partial charge in [0.15, 0.2) is 0 Å². The molecule has 1 aromatic rings. The van der Waals surface area contributed by atoms with E-state index in [-0.39, 0.29) is 0 Å². The molecule has 1 fully saturated rings. The molecule has 1 aromatic carbocycles. The van der Waals surface area contributed by atoms with Crippen LogP contribution in [0.2, 0.25) is 0 Å². The van der Waals surface area contributed by atoms with Gasteiger partial charge >= 0.3 is 0 Å². The molecule has 2 aliphatic carbocycles. The van der Waals surface area contributed by atoms with E-state index in [1.54, 1.807) is 11.1 Å². The summed E-state index contributed by atoms with van der Waals surface area (Å²) in [7, 11) is 2.14. The van der Waals surface area contributed by atoms with E-state index in [9.17, 15) is 0 Å². The van der Waals surface area contributed by atoms with Gasteiger partial charge in [-0.3, -0.25) is 0 Å². The van der Waals surface area contributed by atoms with Gasteiger partial charge in [0.25, 0.3) is 0 Å². The number of fused-ring (bicyclic) bond motifs is 1. The summed E-state index contributed by atoms with van der Waals surface area (Å²) in [4.78, 5) is 0. The van der Waals surface area contributed by atoms with Crippen molar-refractivity contribution in [3.8, 4) is 0 Å². The molecule has 0 saturated heterocycles. The molecular weight excluding hydrogens is 242 g/mol. The van der Waals surface area contributed by atoms with Crippen molar-refractivity contribution in [3.05, 3.63) is 34.9 Å². The molecular formula is C19H29N. The van der Waals surface area contributed by atoms with Gasteiger partial charge in [0.05, 0.1) is 0 Å². The van der Waals surface area contributed by atoms with Crippen LogP contribution in [-0.4, -0.2) is 7.05 Å². The first kappa shape index (κ1) is 14.1. The fourth-order valence-corrected chi connectivity index (χ4v) is 4.35. The van der Waals surface area contributed by atoms with Gasteiger partial charge < -0.3 is 5.32 Å². The second kappa shape index (κ2) is 5.89. The Morgan fingerprint density at radius 3 is 2.60 bits per heavy atom. The average molecular weight is 271 g/mol. The van der Waals surface area contributed by atoms with Gasteiger partial charge in [-0.2, -0.15) is 0 Å². The Morgan fingerprint density at radius 2 is 1.85 bits per heavy atom. The van der Waals surface area contributed by atoms with Crippen molar-refractivity contribution >= 4 is 0 Å². The summed E-state index contributed by atoms with van der Waals surface area (Å²) in [6, 6.07) is 7.81. The molecule has 0 radical (unpaired) electrons. The van der Waals surface area contributed by atoms with Gasteiger partial charge in [-0.15, -0.1) is 0 Å². The maximum Gasteiger partial charge on any atom is 0.0346 e. The molecule has 0 amide bonds. The molecule has 0 aromatic heterocycles. The van der Waals surface area contributed by atoms with Crippen LogP contribution in [0.15, 0.2) is 18.2 Å². The Hall–Kier alpha value is -0.820. The molecule has 3 rings (SSSR count). The lowest BCUT2D eigenvalue weighted by molar-refractivity contribution is 0.174. The molecule has 110 valence electrons. The predicted octanol–water partition coefficient (Wildman–Crippen LogP) is 4.51. The normalized spacial score (nSPS) is 31.1. The Bertz CT molecular complexity index is 465. The van der Waals surface area contributed by atoms with Gasteiger partial charge in [-0.1, -0.05) is 38.5 Å². The zero-order valence-electron chi connectivity index (χ0n) is 13.3. The Kier molecular flexibility index (Phi) is 4.16. The topological polar surface area (TPSA) is 12.0 Å². The van der Waals surface area contributed by atoms with E-state index in [2.05, 4.69) is 44.4 Å². The summed E-state index contributed by atoms with van der Waals surface area (Å²) in [6.45, 7) is 4.86. The van der Waals surface area contributed by atoms with Crippen molar-refractivity contribution in [1.29, 1.82) is 0 Å². The third kappa shape index (κ3) is 2.65. The lowest BCUT2D eigenvalue weighted by atomic mass is 9.72. The van der Waals surface area contributed by atoms with Crippen molar-refractivity contribution < 1.29 is 0 Å². The average Bonchev–Trinajstić information content (AvgIpc) is 2.91. The van der Waals surface area contributed by atoms with E-state index >= 15 is 0 Å². The van der Waals surface area contributed by atoms with Crippen LogP contribution in [0.5, 0.6) is 0 Å². The second-order valence-corrected chi connectivity index (χ2v) is 7.18. The van der Waals surface area contributed by atoms with Gasteiger partial charge in [-0.25, -0.2) is 0 Å². The monoisotopic (exact) mass is 271 g/mol. The zero-order valence-corrected chi connectivity index (χ0v) is 13.3. The molecule has 0 spiro atoms. The smallest absolute Gasteiger partial charge is 0.0346 e. The van der Waals surface area contributed by atoms with Gasteiger partial charge in [0.2, 0.25) is 0 Å². The second-order valence-electron chi connectivity index (χ2n) is 7.18. The van der Waals surface area contributed by atoms with Crippen LogP contribution < -0.4 is 5.32 Å². The minimum atomic E-state index is 0.552. The summed E-state index contributed by atoms with van der Waals surface area (Å²) in [5.41, 5.74) is 4.73. The summed E-state index contributed by atoms with van der Waals surface area (Å²) in [5.74, 6) is 2.59. The van der Waals surface area contributed by atoms with E-state index in [0.29, 0.717) is 6.04 Å². The Morgan fingerprint density at radius 1 is 1.05 bits per heavy atom. The van der Waals surface area contributed by atoms with Crippen molar-refractivity contribution in [2.24, 2.45) is 17.8 Å². The number of nitrogens with one attached hydrogen (secondary N) is 1. The number of rotatable bonds is 3. The predicted molar refractivity (Wildman–Crippen MR) is 85.9 cm³/mol. The lowest BCUT2D eigenvalue weighted by Crippen LogP contribution is -2.31. The van der Waals surface area contributed by atoms with Crippen LogP contribution in [0, 0.1) is 17.8 Å². The largest absolute Gasteiger partial charge is 0.313 e. The van der Waals surface area contributed by atoms with Crippen molar-refractivity contribution in [2.75, 3.05) is 7.05 Å². The first-order valence-electron chi connectivity index (χ1n) is 8.48. The van der Waals surface area contributed by atoms with Gasteiger partial charge in [-0.05, 0) is 73.6 Å². The highest BCUT2D eigenvalue weighted by Crippen LogP contribution is 2.40. The molecule has 2 aliphatic rings. The van der Waals surface area contributed by atoms with Crippen molar-refractivity contribution in [2.45, 2.75) is 58.4 Å². The van der Waals surface area contributed by atoms with Crippen molar-refractivity contribution in [3.63, 3.8) is 0 Å². The first-order valence-corrected chi connectivity index (χ1v) is 8.48. The quantitative estimate of drug-likeness (QED) is 0.853. The first-order chi connectivity index (χ1) is 9.69. The molecule has 4 unspecified atom stereocenters. The van der Waals surface area contributed by atoms with Crippen LogP contribution in [0.25, 0.3) is 0 Å². The zero-order chi connectivity index (χ0) is 14.1. The van der Waals surface area contributed by atoms with Crippen LogP contribution in [0.1, 0.15) is 62.3 Å². The van der Waals surface area contributed by atoms with Crippen LogP contribution in [0.3, 0.4) is 0 Å². The highest BCUT2D eigenvalue weighted by molar-refractivity contribution is 5.36. The summed E-state index contributed by atoms with van der Waals surface area (Å²) in [5, 5.41) is 3.61. The maximum absolute atomic E-state index is 3.61. The fraction of sp³-hybridized carbons (Fsp3) is 0.684. The van der Waals surface area contributed by atoms with E-state index in [1.807, 2.05) is 0 Å². The Balaban J connectivity index is 1.79. The third-order valence-corrected chi connectivity index (χ3v) is 5.90. The van der Waals surface area contributed by atoms with Crippen molar-refractivity contribution in [1.82, 2.24) is 5.32 Å². The molecule has 1 nitrogen and oxygen atoms in total. The molecule has 20 heavy (non-hydrogen) atoms. The summed E-state index contributed by atoms with van der Waals surface area (Å²) < 4.78 is 0. The summed E-state index contributed by atoms with van der Waals surface area (Å²) >= 11 is 0. The van der Waals surface area contributed by atoms with Crippen LogP contribution in [-0.2, 0) is 12.8 Å². The van der Waals surface area contributed by atoms with Crippen LogP contribution >= 0.6 is 0 Å². The maximum atomic E-state index is 3.61. The van der Waals surface area contributed by atoms with E-state index in [4.69, 9.17) is 0 Å². The highest BCUT2D eigenvalue weighted by Gasteiger charge is 2.30.